The molecule has 1 aliphatic carbocycles. The maximum Gasteiger partial charge on any atom is 0.332 e. The van der Waals surface area contributed by atoms with Crippen molar-refractivity contribution in [2.45, 2.75) is 25.4 Å². The highest BCUT2D eigenvalue weighted by Gasteiger charge is 2.29. The summed E-state index contributed by atoms with van der Waals surface area (Å²) in [5, 5.41) is 4.19. The molecule has 128 valence electrons. The normalized spacial score (nSPS) is 14.0. The molecule has 1 amide bonds. The molecule has 0 spiro atoms. The standard InChI is InChI=1S/C16H13FN4O3S/c17-9-1-3-10(4-2-9)18-13(22)7-20-12-8-25-19-14(12)15(23)21(16(20)24)11-5-6-11/h1-4,8,11H,5-7H2,(H,18,22). The number of hydrogen-bond donors (Lipinski definition) is 1. The van der Waals surface area contributed by atoms with Gasteiger partial charge in [0.2, 0.25) is 5.91 Å². The van der Waals surface area contributed by atoms with E-state index in [1.54, 1.807) is 5.38 Å². The van der Waals surface area contributed by atoms with Gasteiger partial charge in [-0.1, -0.05) is 0 Å². The van der Waals surface area contributed by atoms with Gasteiger partial charge >= 0.3 is 5.69 Å². The first kappa shape index (κ1) is 15.7. The van der Waals surface area contributed by atoms with Gasteiger partial charge in [0.1, 0.15) is 12.4 Å². The Bertz CT molecular complexity index is 1080. The first-order chi connectivity index (χ1) is 12.0. The molecule has 25 heavy (non-hydrogen) atoms. The summed E-state index contributed by atoms with van der Waals surface area (Å²) in [7, 11) is 0. The Morgan fingerprint density at radius 2 is 2.00 bits per heavy atom. The maximum atomic E-state index is 12.9. The van der Waals surface area contributed by atoms with E-state index in [4.69, 9.17) is 0 Å². The molecule has 9 heteroatoms. The second-order valence-electron chi connectivity index (χ2n) is 5.88. The predicted octanol–water partition coefficient (Wildman–Crippen LogP) is 1.73. The van der Waals surface area contributed by atoms with Crippen LogP contribution in [-0.2, 0) is 11.3 Å². The van der Waals surface area contributed by atoms with Gasteiger partial charge in [0.25, 0.3) is 5.56 Å². The molecule has 0 aliphatic heterocycles. The lowest BCUT2D eigenvalue weighted by atomic mass is 10.3. The quantitative estimate of drug-likeness (QED) is 0.768. The monoisotopic (exact) mass is 360 g/mol. The molecule has 0 unspecified atom stereocenters. The third-order valence-corrected chi connectivity index (χ3v) is 4.66. The Labute approximate surface area is 144 Å². The molecule has 1 saturated carbocycles. The lowest BCUT2D eigenvalue weighted by Crippen LogP contribution is -2.41. The molecule has 0 radical (unpaired) electrons. The number of nitrogens with one attached hydrogen (secondary N) is 1. The van der Waals surface area contributed by atoms with Crippen molar-refractivity contribution in [3.05, 3.63) is 56.3 Å². The van der Waals surface area contributed by atoms with E-state index < -0.39 is 23.0 Å². The number of benzene rings is 1. The third kappa shape index (κ3) is 2.86. The minimum atomic E-state index is -0.505. The molecule has 0 bridgehead atoms. The molecule has 1 fully saturated rings. The maximum absolute atomic E-state index is 12.9. The van der Waals surface area contributed by atoms with Gasteiger partial charge in [0, 0.05) is 17.1 Å². The van der Waals surface area contributed by atoms with Crippen LogP contribution in [0.5, 0.6) is 0 Å². The van der Waals surface area contributed by atoms with E-state index in [1.807, 2.05) is 0 Å². The zero-order valence-corrected chi connectivity index (χ0v) is 13.8. The van der Waals surface area contributed by atoms with Gasteiger partial charge in [0.05, 0.1) is 5.52 Å². The van der Waals surface area contributed by atoms with E-state index in [1.165, 1.54) is 33.4 Å². The second-order valence-corrected chi connectivity index (χ2v) is 6.51. The molecule has 1 aromatic carbocycles. The van der Waals surface area contributed by atoms with E-state index in [-0.39, 0.29) is 18.1 Å². The first-order valence-electron chi connectivity index (χ1n) is 7.69. The lowest BCUT2D eigenvalue weighted by molar-refractivity contribution is -0.116. The molecule has 0 atom stereocenters. The molecule has 4 rings (SSSR count). The van der Waals surface area contributed by atoms with Crippen molar-refractivity contribution in [1.29, 1.82) is 0 Å². The number of halogens is 1. The highest BCUT2D eigenvalue weighted by Crippen LogP contribution is 2.32. The Balaban J connectivity index is 1.70. The van der Waals surface area contributed by atoms with Crippen LogP contribution in [0, 0.1) is 5.82 Å². The van der Waals surface area contributed by atoms with Crippen LogP contribution in [-0.4, -0.2) is 19.4 Å². The van der Waals surface area contributed by atoms with Crippen molar-refractivity contribution in [2.75, 3.05) is 5.32 Å². The topological polar surface area (TPSA) is 86.0 Å². The molecule has 1 N–H and O–H groups in total. The summed E-state index contributed by atoms with van der Waals surface area (Å²) in [5.74, 6) is -0.848. The zero-order chi connectivity index (χ0) is 17.6. The summed E-state index contributed by atoms with van der Waals surface area (Å²) in [5.41, 5.74) is 0.0697. The number of carbonyl (C=O) groups is 1. The fourth-order valence-electron chi connectivity index (χ4n) is 2.69. The summed E-state index contributed by atoms with van der Waals surface area (Å²) in [6, 6.07) is 5.22. The summed E-state index contributed by atoms with van der Waals surface area (Å²) >= 11 is 1.07. The first-order valence-corrected chi connectivity index (χ1v) is 8.53. The molecule has 0 saturated heterocycles. The number of aromatic nitrogens is 3. The van der Waals surface area contributed by atoms with Crippen molar-refractivity contribution < 1.29 is 9.18 Å². The average molecular weight is 360 g/mol. The van der Waals surface area contributed by atoms with Crippen LogP contribution < -0.4 is 16.6 Å². The van der Waals surface area contributed by atoms with Crippen LogP contribution in [0.15, 0.2) is 39.2 Å². The minimum Gasteiger partial charge on any atom is -0.325 e. The van der Waals surface area contributed by atoms with E-state index in [0.717, 1.165) is 24.4 Å². The fraction of sp³-hybridized carbons (Fsp3) is 0.250. The van der Waals surface area contributed by atoms with E-state index >= 15 is 0 Å². The second kappa shape index (κ2) is 5.92. The van der Waals surface area contributed by atoms with Crippen LogP contribution in [0.1, 0.15) is 18.9 Å². The fourth-order valence-corrected chi connectivity index (χ4v) is 3.36. The predicted molar refractivity (Wildman–Crippen MR) is 91.4 cm³/mol. The number of rotatable bonds is 4. The Morgan fingerprint density at radius 3 is 2.68 bits per heavy atom. The number of fused-ring (bicyclic) bond motifs is 1. The number of nitrogens with zero attached hydrogens (tertiary/aromatic N) is 3. The summed E-state index contributed by atoms with van der Waals surface area (Å²) in [6.45, 7) is -0.252. The Kier molecular flexibility index (Phi) is 3.72. The average Bonchev–Trinajstić information content (AvgIpc) is 3.29. The molecule has 1 aliphatic rings. The molecule has 3 aromatic rings. The number of hydrogen-bond acceptors (Lipinski definition) is 5. The number of anilines is 1. The van der Waals surface area contributed by atoms with Crippen molar-refractivity contribution in [1.82, 2.24) is 13.5 Å². The van der Waals surface area contributed by atoms with Gasteiger partial charge in [-0.05, 0) is 48.6 Å². The van der Waals surface area contributed by atoms with Crippen molar-refractivity contribution in [2.24, 2.45) is 0 Å². The zero-order valence-electron chi connectivity index (χ0n) is 12.9. The number of amides is 1. The van der Waals surface area contributed by atoms with Gasteiger partial charge in [-0.2, -0.15) is 4.37 Å². The van der Waals surface area contributed by atoms with Crippen LogP contribution in [0.25, 0.3) is 11.0 Å². The summed E-state index contributed by atoms with van der Waals surface area (Å²) < 4.78 is 19.4. The van der Waals surface area contributed by atoms with E-state index in [9.17, 15) is 18.8 Å². The molecule has 7 nitrogen and oxygen atoms in total. The molecule has 2 heterocycles. The van der Waals surface area contributed by atoms with Crippen LogP contribution in [0.2, 0.25) is 0 Å². The van der Waals surface area contributed by atoms with Gasteiger partial charge in [-0.3, -0.25) is 18.7 Å². The SMILES string of the molecule is O=C(Cn1c(=O)n(C2CC2)c(=O)c2nscc21)Nc1ccc(F)cc1. The Morgan fingerprint density at radius 1 is 1.28 bits per heavy atom. The third-order valence-electron chi connectivity index (χ3n) is 4.04. The summed E-state index contributed by atoms with van der Waals surface area (Å²) in [4.78, 5) is 37.4. The highest BCUT2D eigenvalue weighted by molar-refractivity contribution is 7.04. The molecular weight excluding hydrogens is 347 g/mol. The van der Waals surface area contributed by atoms with E-state index in [0.29, 0.717) is 11.2 Å². The largest absolute Gasteiger partial charge is 0.332 e. The minimum absolute atomic E-state index is 0.113. The van der Waals surface area contributed by atoms with Gasteiger partial charge < -0.3 is 5.32 Å². The van der Waals surface area contributed by atoms with Gasteiger partial charge in [-0.25, -0.2) is 9.18 Å². The van der Waals surface area contributed by atoms with Gasteiger partial charge in [-0.15, -0.1) is 0 Å². The molecule has 2 aromatic heterocycles. The number of carbonyl (C=O) groups excluding carboxylic acids is 1. The van der Waals surface area contributed by atoms with Crippen LogP contribution in [0.4, 0.5) is 10.1 Å². The molecular formula is C16H13FN4O3S. The van der Waals surface area contributed by atoms with Crippen molar-refractivity contribution in [3.8, 4) is 0 Å². The van der Waals surface area contributed by atoms with Crippen LogP contribution >= 0.6 is 11.5 Å². The van der Waals surface area contributed by atoms with Crippen molar-refractivity contribution >= 4 is 34.2 Å². The van der Waals surface area contributed by atoms with Crippen molar-refractivity contribution in [3.63, 3.8) is 0 Å². The van der Waals surface area contributed by atoms with Crippen LogP contribution in [0.3, 0.4) is 0 Å². The highest BCUT2D eigenvalue weighted by atomic mass is 32.1. The lowest BCUT2D eigenvalue weighted by Gasteiger charge is -2.11. The smallest absolute Gasteiger partial charge is 0.325 e. The summed E-state index contributed by atoms with van der Waals surface area (Å²) in [6.07, 6.45) is 1.54. The Hall–Kier alpha value is -2.81. The van der Waals surface area contributed by atoms with Gasteiger partial charge in [0.15, 0.2) is 5.52 Å². The van der Waals surface area contributed by atoms with E-state index in [2.05, 4.69) is 9.69 Å².